The van der Waals surface area contributed by atoms with Crippen LogP contribution in [0.5, 0.6) is 0 Å². The van der Waals surface area contributed by atoms with Crippen LogP contribution in [0.15, 0.2) is 22.7 Å². The van der Waals surface area contributed by atoms with E-state index in [1.165, 1.54) is 12.1 Å². The van der Waals surface area contributed by atoms with Crippen LogP contribution in [0.25, 0.3) is 0 Å². The Bertz CT molecular complexity index is 504. The number of hydrogen-bond acceptors (Lipinski definition) is 2. The monoisotopic (exact) mass is 328 g/mol. The Morgan fingerprint density at radius 3 is 2.84 bits per heavy atom. The van der Waals surface area contributed by atoms with E-state index in [0.29, 0.717) is 17.6 Å². The summed E-state index contributed by atoms with van der Waals surface area (Å²) in [6.07, 6.45) is 0.829. The molecule has 1 fully saturated rings. The molecule has 0 saturated carbocycles. The molecule has 1 aliphatic rings. The van der Waals surface area contributed by atoms with Crippen molar-refractivity contribution in [1.82, 2.24) is 4.90 Å². The van der Waals surface area contributed by atoms with Gasteiger partial charge in [-0.3, -0.25) is 4.79 Å². The van der Waals surface area contributed by atoms with Crippen LogP contribution in [-0.4, -0.2) is 29.9 Å². The summed E-state index contributed by atoms with van der Waals surface area (Å²) < 4.78 is 14.4. The number of nitrogens with two attached hydrogens (primary N) is 1. The van der Waals surface area contributed by atoms with Crippen molar-refractivity contribution in [2.45, 2.75) is 26.3 Å². The molecule has 1 unspecified atom stereocenters. The van der Waals surface area contributed by atoms with E-state index in [1.54, 1.807) is 11.0 Å². The third-order valence-electron chi connectivity index (χ3n) is 3.89. The lowest BCUT2D eigenvalue weighted by atomic mass is 9.78. The van der Waals surface area contributed by atoms with Crippen molar-refractivity contribution in [2.75, 3.05) is 13.1 Å². The molecule has 1 atom stereocenters. The number of benzene rings is 1. The van der Waals surface area contributed by atoms with Crippen molar-refractivity contribution >= 4 is 21.8 Å². The molecule has 0 bridgehead atoms. The van der Waals surface area contributed by atoms with Gasteiger partial charge in [-0.25, -0.2) is 4.39 Å². The predicted molar refractivity (Wildman–Crippen MR) is 76.4 cm³/mol. The second kappa shape index (κ2) is 5.21. The Morgan fingerprint density at radius 1 is 1.53 bits per heavy atom. The van der Waals surface area contributed by atoms with Crippen LogP contribution in [-0.2, 0) is 0 Å². The van der Waals surface area contributed by atoms with Crippen molar-refractivity contribution < 1.29 is 9.18 Å². The smallest absolute Gasteiger partial charge is 0.256 e. The zero-order valence-electron chi connectivity index (χ0n) is 11.1. The fourth-order valence-electron chi connectivity index (χ4n) is 2.20. The molecule has 1 amide bonds. The Morgan fingerprint density at radius 2 is 2.21 bits per heavy atom. The second-order valence-corrected chi connectivity index (χ2v) is 6.64. The Kier molecular flexibility index (Phi) is 3.97. The fraction of sp³-hybridized carbons (Fsp3) is 0.500. The van der Waals surface area contributed by atoms with Crippen LogP contribution < -0.4 is 5.73 Å². The van der Waals surface area contributed by atoms with E-state index in [-0.39, 0.29) is 22.9 Å². The average Bonchev–Trinajstić information content (AvgIpc) is 2.35. The zero-order valence-corrected chi connectivity index (χ0v) is 12.7. The summed E-state index contributed by atoms with van der Waals surface area (Å²) in [5, 5.41) is 0. The van der Waals surface area contributed by atoms with Gasteiger partial charge in [0, 0.05) is 23.6 Å². The van der Waals surface area contributed by atoms with E-state index in [4.69, 9.17) is 5.73 Å². The highest BCUT2D eigenvalue weighted by Gasteiger charge is 2.35. The molecule has 0 spiro atoms. The van der Waals surface area contributed by atoms with Gasteiger partial charge >= 0.3 is 0 Å². The van der Waals surface area contributed by atoms with Gasteiger partial charge in [0.05, 0.1) is 5.56 Å². The van der Waals surface area contributed by atoms with E-state index in [9.17, 15) is 9.18 Å². The molecule has 5 heteroatoms. The molecule has 1 heterocycles. The largest absolute Gasteiger partial charge is 0.337 e. The molecule has 2 rings (SSSR count). The minimum absolute atomic E-state index is 0.0204. The summed E-state index contributed by atoms with van der Waals surface area (Å²) in [7, 11) is 0. The lowest BCUT2D eigenvalue weighted by molar-refractivity contribution is 0.0571. The van der Waals surface area contributed by atoms with Gasteiger partial charge in [-0.1, -0.05) is 29.8 Å². The number of amides is 1. The van der Waals surface area contributed by atoms with Crippen molar-refractivity contribution in [2.24, 2.45) is 11.1 Å². The number of likely N-dealkylation sites (tertiary alicyclic amines) is 1. The van der Waals surface area contributed by atoms with Gasteiger partial charge in [-0.05, 0) is 30.0 Å². The number of piperidine rings is 1. The number of nitrogens with zero attached hydrogens (tertiary/aromatic N) is 1. The van der Waals surface area contributed by atoms with Crippen LogP contribution in [0.3, 0.4) is 0 Å². The standard InChI is InChI=1S/C14H18BrFN2O/c1-14(2)5-6-18(8-12(14)17)13(19)10-7-9(15)3-4-11(10)16/h3-4,7,12H,5-6,8,17H2,1-2H3. The Hall–Kier alpha value is -0.940. The highest BCUT2D eigenvalue weighted by atomic mass is 79.9. The van der Waals surface area contributed by atoms with Crippen LogP contribution >= 0.6 is 15.9 Å². The number of carbonyl (C=O) groups is 1. The van der Waals surface area contributed by atoms with E-state index in [0.717, 1.165) is 6.42 Å². The Balaban J connectivity index is 2.19. The first-order valence-electron chi connectivity index (χ1n) is 6.31. The molecule has 0 radical (unpaired) electrons. The van der Waals surface area contributed by atoms with Crippen molar-refractivity contribution in [3.63, 3.8) is 0 Å². The van der Waals surface area contributed by atoms with E-state index in [2.05, 4.69) is 29.8 Å². The molecule has 0 aliphatic carbocycles. The summed E-state index contributed by atoms with van der Waals surface area (Å²) in [5.74, 6) is -0.781. The second-order valence-electron chi connectivity index (χ2n) is 5.72. The Labute approximate surface area is 121 Å². The summed E-state index contributed by atoms with van der Waals surface area (Å²) in [6, 6.07) is 4.31. The summed E-state index contributed by atoms with van der Waals surface area (Å²) in [4.78, 5) is 14.0. The minimum Gasteiger partial charge on any atom is -0.337 e. The third kappa shape index (κ3) is 2.98. The van der Waals surface area contributed by atoms with E-state index in [1.807, 2.05) is 0 Å². The molecule has 1 aromatic rings. The summed E-state index contributed by atoms with van der Waals surface area (Å²) >= 11 is 3.26. The number of halogens is 2. The van der Waals surface area contributed by atoms with E-state index < -0.39 is 5.82 Å². The maximum Gasteiger partial charge on any atom is 0.256 e. The predicted octanol–water partition coefficient (Wildman–Crippen LogP) is 2.79. The van der Waals surface area contributed by atoms with Crippen molar-refractivity contribution in [3.8, 4) is 0 Å². The van der Waals surface area contributed by atoms with Gasteiger partial charge in [-0.15, -0.1) is 0 Å². The molecule has 104 valence electrons. The van der Waals surface area contributed by atoms with Gasteiger partial charge in [-0.2, -0.15) is 0 Å². The van der Waals surface area contributed by atoms with Crippen molar-refractivity contribution in [3.05, 3.63) is 34.1 Å². The first-order chi connectivity index (χ1) is 8.81. The van der Waals surface area contributed by atoms with Crippen LogP contribution in [0.1, 0.15) is 30.6 Å². The van der Waals surface area contributed by atoms with Gasteiger partial charge in [0.25, 0.3) is 5.91 Å². The number of carbonyl (C=O) groups excluding carboxylic acids is 1. The fourth-order valence-corrected chi connectivity index (χ4v) is 2.56. The van der Waals surface area contributed by atoms with Crippen molar-refractivity contribution in [1.29, 1.82) is 0 Å². The highest BCUT2D eigenvalue weighted by Crippen LogP contribution is 2.30. The van der Waals surface area contributed by atoms with Crippen LogP contribution in [0.4, 0.5) is 4.39 Å². The molecule has 2 N–H and O–H groups in total. The first kappa shape index (κ1) is 14.5. The number of rotatable bonds is 1. The molecule has 3 nitrogen and oxygen atoms in total. The highest BCUT2D eigenvalue weighted by molar-refractivity contribution is 9.10. The van der Waals surface area contributed by atoms with Crippen LogP contribution in [0, 0.1) is 11.2 Å². The van der Waals surface area contributed by atoms with Gasteiger partial charge in [0.2, 0.25) is 0 Å². The zero-order chi connectivity index (χ0) is 14.2. The normalized spacial score (nSPS) is 22.4. The minimum atomic E-state index is -0.494. The quantitative estimate of drug-likeness (QED) is 0.861. The summed E-state index contributed by atoms with van der Waals surface area (Å²) in [5.41, 5.74) is 6.21. The number of hydrogen-bond donors (Lipinski definition) is 1. The van der Waals surface area contributed by atoms with Crippen LogP contribution in [0.2, 0.25) is 0 Å². The molecular formula is C14H18BrFN2O. The van der Waals surface area contributed by atoms with E-state index >= 15 is 0 Å². The maximum atomic E-state index is 13.7. The molecular weight excluding hydrogens is 311 g/mol. The summed E-state index contributed by atoms with van der Waals surface area (Å²) in [6.45, 7) is 5.28. The molecule has 1 aromatic carbocycles. The lowest BCUT2D eigenvalue weighted by Gasteiger charge is -2.42. The SMILES string of the molecule is CC1(C)CCN(C(=O)c2cc(Br)ccc2F)CC1N. The first-order valence-corrected chi connectivity index (χ1v) is 7.10. The van der Waals surface area contributed by atoms with Gasteiger partial charge in [0.15, 0.2) is 0 Å². The topological polar surface area (TPSA) is 46.3 Å². The molecule has 0 aromatic heterocycles. The average molecular weight is 329 g/mol. The van der Waals surface area contributed by atoms with Gasteiger partial charge < -0.3 is 10.6 Å². The maximum absolute atomic E-state index is 13.7. The molecule has 1 aliphatic heterocycles. The molecule has 19 heavy (non-hydrogen) atoms. The third-order valence-corrected chi connectivity index (χ3v) is 4.39. The molecule has 1 saturated heterocycles. The lowest BCUT2D eigenvalue weighted by Crippen LogP contribution is -2.54. The van der Waals surface area contributed by atoms with Gasteiger partial charge in [0.1, 0.15) is 5.82 Å².